The highest BCUT2D eigenvalue weighted by molar-refractivity contribution is 6.26. The molecule has 15 rings (SSSR count). The van der Waals surface area contributed by atoms with Gasteiger partial charge in [-0.25, -0.2) is 0 Å². The first-order valence-corrected chi connectivity index (χ1v) is 26.4. The first-order chi connectivity index (χ1) is 36.0. The number of hydrogen-bond acceptors (Lipinski definition) is 1. The predicted octanol–water partition coefficient (Wildman–Crippen LogP) is 20.0. The number of fused-ring (bicyclic) bond motifs is 13. The van der Waals surface area contributed by atoms with Crippen molar-refractivity contribution in [3.63, 3.8) is 0 Å². The van der Waals surface area contributed by atoms with E-state index < -0.39 is 0 Å². The van der Waals surface area contributed by atoms with Crippen molar-refractivity contribution in [2.24, 2.45) is 0 Å². The number of benzene rings is 12. The molecule has 3 aliphatic carbocycles. The molecule has 0 spiro atoms. The molecule has 0 radical (unpaired) electrons. The Hall–Kier alpha value is -8.52. The van der Waals surface area contributed by atoms with Crippen LogP contribution in [0, 0.1) is 0 Å². The fourth-order valence-electron chi connectivity index (χ4n) is 14.3. The minimum Gasteiger partial charge on any atom is -0.310 e. The van der Waals surface area contributed by atoms with Crippen LogP contribution in [0.25, 0.3) is 98.7 Å². The van der Waals surface area contributed by atoms with Crippen molar-refractivity contribution < 1.29 is 0 Å². The lowest BCUT2D eigenvalue weighted by Gasteiger charge is -2.31. The lowest BCUT2D eigenvalue weighted by Crippen LogP contribution is -2.18. The third kappa shape index (κ3) is 5.81. The van der Waals surface area contributed by atoms with Crippen molar-refractivity contribution in [3.05, 3.63) is 258 Å². The highest BCUT2D eigenvalue weighted by Crippen LogP contribution is 2.57. The van der Waals surface area contributed by atoms with Gasteiger partial charge in [0.2, 0.25) is 0 Å². The molecule has 0 saturated heterocycles. The van der Waals surface area contributed by atoms with E-state index in [2.05, 4.69) is 271 Å². The summed E-state index contributed by atoms with van der Waals surface area (Å²) in [5.74, 6) is 0. The summed E-state index contributed by atoms with van der Waals surface area (Å²) in [6.07, 6.45) is 0. The number of anilines is 3. The van der Waals surface area contributed by atoms with Gasteiger partial charge in [0.1, 0.15) is 0 Å². The molecule has 0 amide bonds. The van der Waals surface area contributed by atoms with E-state index in [4.69, 9.17) is 0 Å². The Morgan fingerprint density at radius 2 is 0.649 bits per heavy atom. The Morgan fingerprint density at radius 1 is 0.257 bits per heavy atom. The van der Waals surface area contributed by atoms with Crippen LogP contribution >= 0.6 is 0 Å². The number of rotatable bonds is 5. The van der Waals surface area contributed by atoms with Crippen molar-refractivity contribution in [2.75, 3.05) is 4.90 Å². The van der Waals surface area contributed by atoms with Crippen LogP contribution in [0.1, 0.15) is 74.9 Å². The summed E-state index contributed by atoms with van der Waals surface area (Å²) in [6, 6.07) is 85.5. The van der Waals surface area contributed by atoms with Crippen LogP contribution in [-0.2, 0) is 16.2 Å². The predicted molar refractivity (Wildman–Crippen MR) is 315 cm³/mol. The van der Waals surface area contributed by atoms with E-state index in [9.17, 15) is 0 Å². The van der Waals surface area contributed by atoms with Gasteiger partial charge in [-0.3, -0.25) is 0 Å². The molecule has 0 atom stereocenters. The molecule has 1 nitrogen and oxygen atoms in total. The SMILES string of the molecule is CC1(C)c2ccccc2-c2ccc(N(c3ccc4c(c3)C(C)(C)c3ccccc3-4)c3ccc(-c4c5ccccc5c(-c5cccc6c5C(C)(C)c5ccccc5-6)c5cc6ccccc6cc45)c4ccccc34)cc21. The van der Waals surface area contributed by atoms with Gasteiger partial charge in [-0.1, -0.05) is 224 Å². The maximum atomic E-state index is 2.55. The molecule has 0 bridgehead atoms. The van der Waals surface area contributed by atoms with Crippen LogP contribution in [0.15, 0.2) is 224 Å². The average Bonchev–Trinajstić information content (AvgIpc) is 3.95. The fourth-order valence-corrected chi connectivity index (χ4v) is 14.3. The highest BCUT2D eigenvalue weighted by Gasteiger charge is 2.40. The zero-order valence-electron chi connectivity index (χ0n) is 42.8. The standard InChI is InChI=1S/C73H55N/c1-71(2)62-31-16-13-23-49(62)52-36-34-46(42-65(52)71)74(47-35-37-53-50-24-14-17-32-63(50)72(3,4)66(53)43-47)67-39-38-57(48-22-9-10-26-54(48)67)68-55-27-11-12-28-56(55)69(61-41-45-21-8-7-20-44(45)40-60(61)68)59-30-19-29-58-51-25-15-18-33-64(51)73(5,6)70(58)59/h7-43H,1-6H3. The summed E-state index contributed by atoms with van der Waals surface area (Å²) in [5, 5.41) is 9.98. The van der Waals surface area contributed by atoms with Gasteiger partial charge < -0.3 is 4.90 Å². The lowest BCUT2D eigenvalue weighted by atomic mass is 9.76. The van der Waals surface area contributed by atoms with Crippen LogP contribution < -0.4 is 4.90 Å². The Bertz CT molecular complexity index is 4300. The molecule has 0 N–H and O–H groups in total. The number of nitrogens with zero attached hydrogens (tertiary/aromatic N) is 1. The number of hydrogen-bond donors (Lipinski definition) is 0. The second-order valence-electron chi connectivity index (χ2n) is 22.8. The minimum atomic E-state index is -0.180. The molecule has 0 heterocycles. The zero-order chi connectivity index (χ0) is 49.8. The van der Waals surface area contributed by atoms with E-state index in [0.29, 0.717) is 0 Å². The Labute approximate surface area is 434 Å². The van der Waals surface area contributed by atoms with E-state index in [0.717, 1.165) is 17.1 Å². The fraction of sp³-hybridized carbons (Fsp3) is 0.123. The second kappa shape index (κ2) is 15.3. The Balaban J connectivity index is 0.997. The van der Waals surface area contributed by atoms with E-state index in [1.165, 1.54) is 132 Å². The van der Waals surface area contributed by atoms with Gasteiger partial charge in [0.25, 0.3) is 0 Å². The van der Waals surface area contributed by atoms with Crippen LogP contribution in [0.3, 0.4) is 0 Å². The van der Waals surface area contributed by atoms with Crippen molar-refractivity contribution in [2.45, 2.75) is 57.8 Å². The van der Waals surface area contributed by atoms with Gasteiger partial charge in [0.15, 0.2) is 0 Å². The minimum absolute atomic E-state index is 0.154. The summed E-state index contributed by atoms with van der Waals surface area (Å²) in [6.45, 7) is 14.4. The quantitative estimate of drug-likeness (QED) is 0.155. The molecule has 352 valence electrons. The normalized spacial score (nSPS) is 14.9. The summed E-state index contributed by atoms with van der Waals surface area (Å²) in [7, 11) is 0. The molecule has 74 heavy (non-hydrogen) atoms. The largest absolute Gasteiger partial charge is 0.310 e. The summed E-state index contributed by atoms with van der Waals surface area (Å²) >= 11 is 0. The lowest BCUT2D eigenvalue weighted by molar-refractivity contribution is 0.660. The molecule has 3 aliphatic rings. The Morgan fingerprint density at radius 3 is 1.20 bits per heavy atom. The third-order valence-electron chi connectivity index (χ3n) is 17.8. The second-order valence-corrected chi connectivity index (χ2v) is 22.8. The van der Waals surface area contributed by atoms with E-state index in [1.54, 1.807) is 0 Å². The van der Waals surface area contributed by atoms with Crippen LogP contribution in [0.4, 0.5) is 17.1 Å². The summed E-state index contributed by atoms with van der Waals surface area (Å²) in [4.78, 5) is 2.55. The topological polar surface area (TPSA) is 3.24 Å². The van der Waals surface area contributed by atoms with Crippen molar-refractivity contribution >= 4 is 60.2 Å². The van der Waals surface area contributed by atoms with Crippen LogP contribution in [0.2, 0.25) is 0 Å². The van der Waals surface area contributed by atoms with Crippen molar-refractivity contribution in [1.82, 2.24) is 0 Å². The third-order valence-corrected chi connectivity index (χ3v) is 17.8. The molecule has 0 saturated carbocycles. The molecule has 0 fully saturated rings. The molecule has 12 aromatic rings. The molecule has 0 aliphatic heterocycles. The summed E-state index contributed by atoms with van der Waals surface area (Å²) in [5.41, 5.74) is 24.4. The van der Waals surface area contributed by atoms with E-state index in [1.807, 2.05) is 0 Å². The molecular weight excluding hydrogens is 891 g/mol. The van der Waals surface area contributed by atoms with Gasteiger partial charge in [0, 0.05) is 33.0 Å². The van der Waals surface area contributed by atoms with E-state index >= 15 is 0 Å². The van der Waals surface area contributed by atoms with Gasteiger partial charge in [0.05, 0.1) is 5.69 Å². The van der Waals surface area contributed by atoms with E-state index in [-0.39, 0.29) is 16.2 Å². The maximum absolute atomic E-state index is 2.55. The first kappa shape index (κ1) is 43.1. The van der Waals surface area contributed by atoms with Gasteiger partial charge >= 0.3 is 0 Å². The molecule has 12 aromatic carbocycles. The van der Waals surface area contributed by atoms with Gasteiger partial charge in [-0.15, -0.1) is 0 Å². The molecule has 0 unspecified atom stereocenters. The van der Waals surface area contributed by atoms with Crippen molar-refractivity contribution in [1.29, 1.82) is 0 Å². The smallest absolute Gasteiger partial charge is 0.0540 e. The zero-order valence-corrected chi connectivity index (χ0v) is 42.8. The maximum Gasteiger partial charge on any atom is 0.0540 e. The molecule has 1 heteroatoms. The van der Waals surface area contributed by atoms with Crippen molar-refractivity contribution in [3.8, 4) is 55.6 Å². The summed E-state index contributed by atoms with van der Waals surface area (Å²) < 4.78 is 0. The van der Waals surface area contributed by atoms with Gasteiger partial charge in [-0.05, 0) is 169 Å². The average molecular weight is 946 g/mol. The highest BCUT2D eigenvalue weighted by atomic mass is 15.1. The monoisotopic (exact) mass is 945 g/mol. The van der Waals surface area contributed by atoms with Crippen LogP contribution in [0.5, 0.6) is 0 Å². The molecular formula is C73H55N. The first-order valence-electron chi connectivity index (χ1n) is 26.4. The molecule has 0 aromatic heterocycles. The Kier molecular flexibility index (Phi) is 8.89. The van der Waals surface area contributed by atoms with Crippen LogP contribution in [-0.4, -0.2) is 0 Å². The van der Waals surface area contributed by atoms with Gasteiger partial charge in [-0.2, -0.15) is 0 Å².